The zero-order chi connectivity index (χ0) is 11.4. The van der Waals surface area contributed by atoms with Crippen molar-refractivity contribution in [3.8, 4) is 0 Å². The van der Waals surface area contributed by atoms with Gasteiger partial charge in [-0.2, -0.15) is 0 Å². The molecule has 0 heterocycles. The van der Waals surface area contributed by atoms with E-state index in [-0.39, 0.29) is 24.1 Å². The van der Waals surface area contributed by atoms with Gasteiger partial charge in [-0.3, -0.25) is 4.79 Å². The van der Waals surface area contributed by atoms with Gasteiger partial charge >= 0.3 is 5.97 Å². The lowest BCUT2D eigenvalue weighted by atomic mass is 10.0. The minimum Gasteiger partial charge on any atom is -0.481 e. The third-order valence-electron chi connectivity index (χ3n) is 1.28. The van der Waals surface area contributed by atoms with E-state index in [2.05, 4.69) is 4.72 Å². The van der Waals surface area contributed by atoms with E-state index in [1.165, 1.54) is 0 Å². The number of aliphatic carboxylic acids is 1. The third kappa shape index (κ3) is 8.00. The maximum Gasteiger partial charge on any atom is 0.304 e. The SMILES string of the molecule is CC(C)(C)CS(=O)(=O)NCCC(=O)O. The Morgan fingerprint density at radius 3 is 2.21 bits per heavy atom. The normalized spacial score (nSPS) is 12.8. The van der Waals surface area contributed by atoms with Gasteiger partial charge in [-0.15, -0.1) is 0 Å². The summed E-state index contributed by atoms with van der Waals surface area (Å²) in [5, 5.41) is 8.31. The summed E-state index contributed by atoms with van der Waals surface area (Å²) in [5.74, 6) is -1.01. The molecule has 0 spiro atoms. The first-order chi connectivity index (χ1) is 6.12. The molecule has 0 aromatic carbocycles. The Balaban J connectivity index is 4.04. The Kier molecular flexibility index (Phi) is 4.54. The zero-order valence-corrected chi connectivity index (χ0v) is 9.52. The van der Waals surface area contributed by atoms with Gasteiger partial charge in [0.25, 0.3) is 0 Å². The van der Waals surface area contributed by atoms with Gasteiger partial charge in [0.1, 0.15) is 0 Å². The van der Waals surface area contributed by atoms with Crippen LogP contribution in [0, 0.1) is 5.41 Å². The highest BCUT2D eigenvalue weighted by Crippen LogP contribution is 2.14. The summed E-state index contributed by atoms with van der Waals surface area (Å²) in [7, 11) is -3.35. The van der Waals surface area contributed by atoms with E-state index in [0.717, 1.165) is 0 Å². The number of carbonyl (C=O) groups is 1. The summed E-state index contributed by atoms with van der Waals surface area (Å²) < 4.78 is 24.9. The molecular weight excluding hydrogens is 206 g/mol. The molecule has 0 aliphatic carbocycles. The minimum atomic E-state index is -3.35. The van der Waals surface area contributed by atoms with Gasteiger partial charge in [-0.25, -0.2) is 13.1 Å². The molecule has 0 rings (SSSR count). The molecule has 0 aromatic heterocycles. The van der Waals surface area contributed by atoms with E-state index in [4.69, 9.17) is 5.11 Å². The second kappa shape index (κ2) is 4.75. The summed E-state index contributed by atoms with van der Waals surface area (Å²) in [6.45, 7) is 5.38. The fraction of sp³-hybridized carbons (Fsp3) is 0.875. The average Bonchev–Trinajstić information content (AvgIpc) is 1.78. The van der Waals surface area contributed by atoms with Crippen LogP contribution < -0.4 is 4.72 Å². The van der Waals surface area contributed by atoms with E-state index in [1.54, 1.807) is 0 Å². The predicted molar refractivity (Wildman–Crippen MR) is 53.5 cm³/mol. The monoisotopic (exact) mass is 223 g/mol. The zero-order valence-electron chi connectivity index (χ0n) is 8.70. The summed E-state index contributed by atoms with van der Waals surface area (Å²) >= 11 is 0. The molecule has 0 atom stereocenters. The summed E-state index contributed by atoms with van der Waals surface area (Å²) in [4.78, 5) is 10.1. The Morgan fingerprint density at radius 2 is 1.86 bits per heavy atom. The molecule has 0 unspecified atom stereocenters. The first kappa shape index (κ1) is 13.4. The third-order valence-corrected chi connectivity index (χ3v) is 3.17. The molecule has 0 aromatic rings. The van der Waals surface area contributed by atoms with Gasteiger partial charge in [-0.05, 0) is 5.41 Å². The van der Waals surface area contributed by atoms with Crippen LogP contribution >= 0.6 is 0 Å². The van der Waals surface area contributed by atoms with E-state index in [0.29, 0.717) is 0 Å². The van der Waals surface area contributed by atoms with E-state index >= 15 is 0 Å². The molecule has 0 amide bonds. The maximum atomic E-state index is 11.3. The number of carboxylic acid groups (broad SMARTS) is 1. The smallest absolute Gasteiger partial charge is 0.304 e. The highest BCUT2D eigenvalue weighted by molar-refractivity contribution is 7.89. The van der Waals surface area contributed by atoms with Crippen molar-refractivity contribution in [3.63, 3.8) is 0 Å². The quantitative estimate of drug-likeness (QED) is 0.707. The Morgan fingerprint density at radius 1 is 1.36 bits per heavy atom. The van der Waals surface area contributed by atoms with E-state index in [9.17, 15) is 13.2 Å². The number of sulfonamides is 1. The second-order valence-electron chi connectivity index (χ2n) is 4.36. The molecule has 2 N–H and O–H groups in total. The molecule has 5 nitrogen and oxygen atoms in total. The van der Waals surface area contributed by atoms with Gasteiger partial charge in [-0.1, -0.05) is 20.8 Å². The molecule has 0 saturated carbocycles. The van der Waals surface area contributed by atoms with Crippen LogP contribution in [-0.2, 0) is 14.8 Å². The Bertz CT molecular complexity index is 289. The van der Waals surface area contributed by atoms with Gasteiger partial charge < -0.3 is 5.11 Å². The lowest BCUT2D eigenvalue weighted by Gasteiger charge is -2.17. The largest absolute Gasteiger partial charge is 0.481 e. The maximum absolute atomic E-state index is 11.3. The molecule has 14 heavy (non-hydrogen) atoms. The highest BCUT2D eigenvalue weighted by atomic mass is 32.2. The van der Waals surface area contributed by atoms with Gasteiger partial charge in [0.05, 0.1) is 12.2 Å². The Labute approximate surface area is 84.6 Å². The lowest BCUT2D eigenvalue weighted by Crippen LogP contribution is -2.33. The van der Waals surface area contributed by atoms with Crippen molar-refractivity contribution in [1.29, 1.82) is 0 Å². The summed E-state index contributed by atoms with van der Waals surface area (Å²) in [5.41, 5.74) is -0.324. The van der Waals surface area contributed by atoms with Crippen LogP contribution in [0.1, 0.15) is 27.2 Å². The van der Waals surface area contributed by atoms with Crippen LogP contribution in [0.4, 0.5) is 0 Å². The molecule has 0 fully saturated rings. The number of hydrogen-bond acceptors (Lipinski definition) is 3. The van der Waals surface area contributed by atoms with Gasteiger partial charge in [0.15, 0.2) is 0 Å². The number of rotatable bonds is 5. The van der Waals surface area contributed by atoms with Crippen LogP contribution in [0.5, 0.6) is 0 Å². The van der Waals surface area contributed by atoms with Gasteiger partial charge in [0.2, 0.25) is 10.0 Å². The predicted octanol–water partition coefficient (Wildman–Crippen LogP) is 0.427. The second-order valence-corrected chi connectivity index (χ2v) is 6.16. The van der Waals surface area contributed by atoms with Gasteiger partial charge in [0, 0.05) is 6.54 Å². The fourth-order valence-electron chi connectivity index (χ4n) is 0.935. The number of nitrogens with one attached hydrogen (secondary N) is 1. The molecule has 0 bridgehead atoms. The molecule has 6 heteroatoms. The summed E-state index contributed by atoms with van der Waals surface area (Å²) in [6.07, 6.45) is -0.191. The first-order valence-electron chi connectivity index (χ1n) is 4.31. The molecule has 0 radical (unpaired) electrons. The van der Waals surface area contributed by atoms with E-state index < -0.39 is 16.0 Å². The first-order valence-corrected chi connectivity index (χ1v) is 5.97. The van der Waals surface area contributed by atoms with Crippen molar-refractivity contribution < 1.29 is 18.3 Å². The van der Waals surface area contributed by atoms with Crippen LogP contribution in [-0.4, -0.2) is 31.8 Å². The van der Waals surface area contributed by atoms with Crippen LogP contribution in [0.15, 0.2) is 0 Å². The van der Waals surface area contributed by atoms with Crippen LogP contribution in [0.25, 0.3) is 0 Å². The van der Waals surface area contributed by atoms with Crippen molar-refractivity contribution in [2.45, 2.75) is 27.2 Å². The van der Waals surface area contributed by atoms with Crippen molar-refractivity contribution in [2.24, 2.45) is 5.41 Å². The van der Waals surface area contributed by atoms with Crippen LogP contribution in [0.3, 0.4) is 0 Å². The number of hydrogen-bond donors (Lipinski definition) is 2. The standard InChI is InChI=1S/C8H17NO4S/c1-8(2,3)6-14(12,13)9-5-4-7(10)11/h9H,4-6H2,1-3H3,(H,10,11). The van der Waals surface area contributed by atoms with Crippen LogP contribution in [0.2, 0.25) is 0 Å². The Hall–Kier alpha value is -0.620. The average molecular weight is 223 g/mol. The molecule has 0 aliphatic rings. The van der Waals surface area contributed by atoms with Crippen molar-refractivity contribution in [3.05, 3.63) is 0 Å². The van der Waals surface area contributed by atoms with Crippen molar-refractivity contribution in [2.75, 3.05) is 12.3 Å². The topological polar surface area (TPSA) is 83.5 Å². The summed E-state index contributed by atoms with van der Waals surface area (Å²) in [6, 6.07) is 0. The van der Waals surface area contributed by atoms with Crippen molar-refractivity contribution in [1.82, 2.24) is 4.72 Å². The molecule has 0 aliphatic heterocycles. The minimum absolute atomic E-state index is 0.000378. The fourth-order valence-corrected chi connectivity index (χ4v) is 2.59. The molecule has 0 saturated heterocycles. The molecule has 84 valence electrons. The lowest BCUT2D eigenvalue weighted by molar-refractivity contribution is -0.136. The highest BCUT2D eigenvalue weighted by Gasteiger charge is 2.20. The molecular formula is C8H17NO4S. The number of carboxylic acids is 1. The van der Waals surface area contributed by atoms with E-state index in [1.807, 2.05) is 20.8 Å². The van der Waals surface area contributed by atoms with Crippen molar-refractivity contribution >= 4 is 16.0 Å².